The molecule has 4 aromatic carbocycles. The molecular formula is C27H22ClF3. The molecule has 0 amide bonds. The molecular weight excluding hydrogens is 417 g/mol. The lowest BCUT2D eigenvalue weighted by atomic mass is 9.96. The summed E-state index contributed by atoms with van der Waals surface area (Å²) in [5.74, 6) is -1.89. The van der Waals surface area contributed by atoms with Gasteiger partial charge in [-0.2, -0.15) is 0 Å². The fourth-order valence-electron chi connectivity index (χ4n) is 3.89. The Labute approximate surface area is 185 Å². The maximum Gasteiger partial charge on any atom is 0.145 e. The van der Waals surface area contributed by atoms with Crippen molar-refractivity contribution in [3.8, 4) is 11.1 Å². The van der Waals surface area contributed by atoms with Gasteiger partial charge in [0.15, 0.2) is 0 Å². The Bertz CT molecular complexity index is 1210. The van der Waals surface area contributed by atoms with Crippen molar-refractivity contribution in [1.82, 2.24) is 0 Å². The Balaban J connectivity index is 1.57. The molecule has 0 spiro atoms. The summed E-state index contributed by atoms with van der Waals surface area (Å²) < 4.78 is 42.4. The first kappa shape index (κ1) is 21.5. The van der Waals surface area contributed by atoms with Gasteiger partial charge in [0.1, 0.15) is 22.5 Å². The lowest BCUT2D eigenvalue weighted by Crippen LogP contribution is -1.98. The molecule has 0 heterocycles. The number of hydrogen-bond donors (Lipinski definition) is 0. The van der Waals surface area contributed by atoms with Gasteiger partial charge in [0.05, 0.1) is 0 Å². The van der Waals surface area contributed by atoms with Crippen LogP contribution in [0.15, 0.2) is 66.7 Å². The van der Waals surface area contributed by atoms with Crippen LogP contribution in [0, 0.1) is 17.5 Å². The van der Waals surface area contributed by atoms with Crippen molar-refractivity contribution in [1.29, 1.82) is 0 Å². The second-order valence-corrected chi connectivity index (χ2v) is 8.17. The second kappa shape index (κ2) is 9.15. The third kappa shape index (κ3) is 4.62. The zero-order chi connectivity index (χ0) is 22.0. The number of fused-ring (bicyclic) bond motifs is 1. The monoisotopic (exact) mass is 438 g/mol. The highest BCUT2D eigenvalue weighted by Gasteiger charge is 2.12. The molecule has 0 unspecified atom stereocenters. The lowest BCUT2D eigenvalue weighted by molar-refractivity contribution is 0.579. The predicted octanol–water partition coefficient (Wildman–Crippen LogP) is 8.32. The average molecular weight is 439 g/mol. The molecule has 0 nitrogen and oxygen atoms in total. The number of hydrogen-bond acceptors (Lipinski definition) is 0. The van der Waals surface area contributed by atoms with Crippen molar-refractivity contribution in [3.05, 3.63) is 106 Å². The molecule has 4 heteroatoms. The minimum atomic E-state index is -0.800. The first-order chi connectivity index (χ1) is 15.0. The van der Waals surface area contributed by atoms with Crippen LogP contribution in [0.1, 0.15) is 30.0 Å². The minimum absolute atomic E-state index is 0.294. The fourth-order valence-corrected chi connectivity index (χ4v) is 4.00. The number of aryl methyl sites for hydroxylation is 3. The van der Waals surface area contributed by atoms with E-state index in [4.69, 9.17) is 11.6 Å². The third-order valence-corrected chi connectivity index (χ3v) is 5.95. The van der Waals surface area contributed by atoms with Crippen LogP contribution in [0.5, 0.6) is 0 Å². The van der Waals surface area contributed by atoms with Crippen LogP contribution in [0.4, 0.5) is 13.2 Å². The summed E-state index contributed by atoms with van der Waals surface area (Å²) >= 11 is 5.53. The van der Waals surface area contributed by atoms with E-state index in [1.807, 2.05) is 18.2 Å². The molecule has 0 aromatic heterocycles. The van der Waals surface area contributed by atoms with Crippen LogP contribution in [0.2, 0.25) is 5.02 Å². The van der Waals surface area contributed by atoms with Gasteiger partial charge in [-0.05, 0) is 70.7 Å². The quantitative estimate of drug-likeness (QED) is 0.265. The zero-order valence-corrected chi connectivity index (χ0v) is 17.9. The summed E-state index contributed by atoms with van der Waals surface area (Å²) in [4.78, 5) is 0. The van der Waals surface area contributed by atoms with Gasteiger partial charge in [-0.3, -0.25) is 0 Å². The largest absolute Gasteiger partial charge is 0.206 e. The molecule has 0 atom stereocenters. The lowest BCUT2D eigenvalue weighted by Gasteiger charge is -2.10. The summed E-state index contributed by atoms with van der Waals surface area (Å²) in [7, 11) is 0. The number of benzene rings is 4. The molecule has 0 saturated heterocycles. The Morgan fingerprint density at radius 2 is 1.35 bits per heavy atom. The van der Waals surface area contributed by atoms with E-state index in [1.165, 1.54) is 17.7 Å². The van der Waals surface area contributed by atoms with Crippen LogP contribution in [0.3, 0.4) is 0 Å². The summed E-state index contributed by atoms with van der Waals surface area (Å²) in [6.07, 6.45) is 2.82. The van der Waals surface area contributed by atoms with E-state index >= 15 is 4.39 Å². The Hall–Kier alpha value is -2.78. The van der Waals surface area contributed by atoms with Gasteiger partial charge in [0, 0.05) is 5.39 Å². The number of rotatable bonds is 6. The van der Waals surface area contributed by atoms with Crippen LogP contribution >= 0.6 is 11.6 Å². The highest BCUT2D eigenvalue weighted by atomic mass is 35.5. The van der Waals surface area contributed by atoms with Crippen molar-refractivity contribution in [2.45, 2.75) is 32.6 Å². The molecule has 0 aliphatic heterocycles. The van der Waals surface area contributed by atoms with E-state index in [-0.39, 0.29) is 5.82 Å². The van der Waals surface area contributed by atoms with E-state index in [1.54, 1.807) is 12.1 Å². The normalized spacial score (nSPS) is 11.3. The molecule has 31 heavy (non-hydrogen) atoms. The van der Waals surface area contributed by atoms with Gasteiger partial charge in [0.25, 0.3) is 0 Å². The van der Waals surface area contributed by atoms with E-state index in [9.17, 15) is 8.78 Å². The Morgan fingerprint density at radius 1 is 0.677 bits per heavy atom. The number of halogens is 4. The molecule has 4 rings (SSSR count). The highest BCUT2D eigenvalue weighted by Crippen LogP contribution is 2.29. The zero-order valence-electron chi connectivity index (χ0n) is 17.2. The first-order valence-electron chi connectivity index (χ1n) is 10.4. The Morgan fingerprint density at radius 3 is 2.03 bits per heavy atom. The van der Waals surface area contributed by atoms with Crippen molar-refractivity contribution in [3.63, 3.8) is 0 Å². The molecule has 4 aromatic rings. The molecule has 158 valence electrons. The van der Waals surface area contributed by atoms with E-state index in [0.29, 0.717) is 29.4 Å². The summed E-state index contributed by atoms with van der Waals surface area (Å²) in [6.45, 7) is 2.16. The van der Waals surface area contributed by atoms with Crippen LogP contribution < -0.4 is 0 Å². The third-order valence-electron chi connectivity index (χ3n) is 5.59. The van der Waals surface area contributed by atoms with Gasteiger partial charge in [-0.15, -0.1) is 0 Å². The smallest absolute Gasteiger partial charge is 0.145 e. The van der Waals surface area contributed by atoms with Gasteiger partial charge in [-0.25, -0.2) is 13.2 Å². The topological polar surface area (TPSA) is 0 Å². The molecule has 0 N–H and O–H groups in total. The summed E-state index contributed by atoms with van der Waals surface area (Å²) in [5.41, 5.74) is 4.40. The summed E-state index contributed by atoms with van der Waals surface area (Å²) in [6, 6.07) is 20.2. The van der Waals surface area contributed by atoms with Crippen molar-refractivity contribution in [2.24, 2.45) is 0 Å². The van der Waals surface area contributed by atoms with Crippen molar-refractivity contribution in [2.75, 3.05) is 0 Å². The minimum Gasteiger partial charge on any atom is -0.206 e. The van der Waals surface area contributed by atoms with Crippen molar-refractivity contribution < 1.29 is 13.2 Å². The van der Waals surface area contributed by atoms with Gasteiger partial charge < -0.3 is 0 Å². The summed E-state index contributed by atoms with van der Waals surface area (Å²) in [5, 5.41) is 0.841. The van der Waals surface area contributed by atoms with Gasteiger partial charge in [-0.1, -0.05) is 73.5 Å². The SMILES string of the molecule is CCCc1ccc(-c2ccc3c(F)c(CCc4cc(F)c(Cl)c(F)c4)ccc3c2)cc1. The maximum absolute atomic E-state index is 15.1. The maximum atomic E-state index is 15.1. The molecule has 0 bridgehead atoms. The van der Waals surface area contributed by atoms with Crippen LogP contribution in [0.25, 0.3) is 21.9 Å². The molecule has 0 saturated carbocycles. The van der Waals surface area contributed by atoms with Crippen molar-refractivity contribution >= 4 is 22.4 Å². The highest BCUT2D eigenvalue weighted by molar-refractivity contribution is 6.30. The van der Waals surface area contributed by atoms with E-state index < -0.39 is 16.7 Å². The Kier molecular flexibility index (Phi) is 6.33. The standard InChI is InChI=1S/C27H22ClF3/c1-2-3-17-4-7-19(8-5-17)21-12-13-23-22(16-21)11-10-20(27(23)31)9-6-18-14-24(29)26(28)25(30)15-18/h4-5,7-8,10-16H,2-3,6,9H2,1H3. The predicted molar refractivity (Wildman–Crippen MR) is 122 cm³/mol. The van der Waals surface area contributed by atoms with Crippen LogP contribution in [-0.4, -0.2) is 0 Å². The first-order valence-corrected chi connectivity index (χ1v) is 10.8. The molecule has 0 aliphatic carbocycles. The molecule has 0 radical (unpaired) electrons. The van der Waals surface area contributed by atoms with Gasteiger partial charge >= 0.3 is 0 Å². The average Bonchev–Trinajstić information content (AvgIpc) is 2.77. The van der Waals surface area contributed by atoms with E-state index in [2.05, 4.69) is 31.2 Å². The molecule has 0 fully saturated rings. The van der Waals surface area contributed by atoms with Crippen LogP contribution in [-0.2, 0) is 19.3 Å². The van der Waals surface area contributed by atoms with Gasteiger partial charge in [0.2, 0.25) is 0 Å². The van der Waals surface area contributed by atoms with E-state index in [0.717, 1.165) is 29.4 Å². The second-order valence-electron chi connectivity index (χ2n) is 7.79. The molecule has 0 aliphatic rings. The fraction of sp³-hybridized carbons (Fsp3) is 0.185.